The first kappa shape index (κ1) is 32.1. The summed E-state index contributed by atoms with van der Waals surface area (Å²) in [4.78, 5) is 13.2. The number of nitrogens with one attached hydrogen (secondary N) is 2. The number of hydrogen-bond acceptors (Lipinski definition) is 6. The highest BCUT2D eigenvalue weighted by molar-refractivity contribution is 8.00. The van der Waals surface area contributed by atoms with Crippen molar-refractivity contribution in [2.45, 2.75) is 42.9 Å². The number of amides is 1. The van der Waals surface area contributed by atoms with Gasteiger partial charge in [0.25, 0.3) is 5.91 Å². The zero-order valence-corrected chi connectivity index (χ0v) is 24.8. The van der Waals surface area contributed by atoms with Gasteiger partial charge in [-0.05, 0) is 65.9 Å². The molecule has 3 aromatic carbocycles. The van der Waals surface area contributed by atoms with E-state index in [4.69, 9.17) is 11.6 Å². The molecule has 0 fully saturated rings. The summed E-state index contributed by atoms with van der Waals surface area (Å²) in [6.45, 7) is 5.30. The molecule has 6 nitrogen and oxygen atoms in total. The third-order valence-electron chi connectivity index (χ3n) is 5.54. The molecule has 1 amide bonds. The fourth-order valence-corrected chi connectivity index (χ4v) is 5.45. The van der Waals surface area contributed by atoms with Crippen LogP contribution in [0.4, 0.5) is 0 Å². The van der Waals surface area contributed by atoms with E-state index in [1.165, 1.54) is 17.3 Å². The number of rotatable bonds is 12. The molecule has 206 valence electrons. The molecule has 10 heteroatoms. The Morgan fingerprint density at radius 1 is 1.03 bits per heavy atom. The molecule has 0 radical (unpaired) electrons. The molecule has 0 aliphatic heterocycles. The molecule has 1 atom stereocenters. The Labute approximate surface area is 241 Å². The smallest absolute Gasteiger partial charge is 0.265 e. The summed E-state index contributed by atoms with van der Waals surface area (Å²) < 4.78 is 25.1. The van der Waals surface area contributed by atoms with Gasteiger partial charge in [0.05, 0.1) is 17.9 Å². The van der Waals surface area contributed by atoms with Gasteiger partial charge >= 0.3 is 0 Å². The maximum Gasteiger partial charge on any atom is 0.265 e. The van der Waals surface area contributed by atoms with Gasteiger partial charge in [-0.3, -0.25) is 4.79 Å². The molecular weight excluding hydrogens is 563 g/mol. The van der Waals surface area contributed by atoms with Crippen LogP contribution < -0.4 is 10.0 Å². The first-order chi connectivity index (χ1) is 17.5. The van der Waals surface area contributed by atoms with Crippen LogP contribution >= 0.6 is 35.8 Å². The van der Waals surface area contributed by atoms with Crippen molar-refractivity contribution in [3.8, 4) is 11.1 Å². The number of carbonyl (C=O) groups excluding carboxylic acids is 1. The summed E-state index contributed by atoms with van der Waals surface area (Å²) in [5.41, 5.74) is 4.34. The van der Waals surface area contributed by atoms with Crippen molar-refractivity contribution in [3.05, 3.63) is 88.4 Å². The molecule has 0 aromatic heterocycles. The summed E-state index contributed by atoms with van der Waals surface area (Å²) in [6.07, 6.45) is 2.21. The Morgan fingerprint density at radius 3 is 2.34 bits per heavy atom. The number of benzene rings is 3. The van der Waals surface area contributed by atoms with E-state index < -0.39 is 22.0 Å². The minimum Gasteiger partial charge on any atom is -0.387 e. The Bertz CT molecular complexity index is 1320. The molecule has 0 saturated heterocycles. The van der Waals surface area contributed by atoms with Gasteiger partial charge in [0.1, 0.15) is 0 Å². The molecule has 0 aliphatic carbocycles. The number of aryl methyl sites for hydroxylation is 1. The lowest BCUT2D eigenvalue weighted by Gasteiger charge is -2.14. The number of hydrogen-bond donors (Lipinski definition) is 3. The highest BCUT2D eigenvalue weighted by Gasteiger charge is 2.17. The van der Waals surface area contributed by atoms with Crippen LogP contribution in [0.15, 0.2) is 71.6 Å². The van der Waals surface area contributed by atoms with Gasteiger partial charge in [0.2, 0.25) is 10.0 Å². The molecular formula is C28H34Cl2N2O4S2. The fourth-order valence-electron chi connectivity index (χ4n) is 3.82. The lowest BCUT2D eigenvalue weighted by atomic mass is 10.0. The summed E-state index contributed by atoms with van der Waals surface area (Å²) in [5.74, 6) is -0.624. The van der Waals surface area contributed by atoms with Crippen LogP contribution in [0.3, 0.4) is 0 Å². The van der Waals surface area contributed by atoms with Gasteiger partial charge in [-0.1, -0.05) is 67.9 Å². The maximum atomic E-state index is 12.5. The van der Waals surface area contributed by atoms with Crippen LogP contribution in [-0.4, -0.2) is 44.0 Å². The van der Waals surface area contributed by atoms with E-state index in [9.17, 15) is 18.3 Å². The molecule has 0 saturated carbocycles. The van der Waals surface area contributed by atoms with Crippen molar-refractivity contribution in [1.29, 1.82) is 0 Å². The minimum absolute atomic E-state index is 0. The van der Waals surface area contributed by atoms with Gasteiger partial charge in [0, 0.05) is 21.7 Å². The van der Waals surface area contributed by atoms with E-state index in [-0.39, 0.29) is 17.7 Å². The number of carbonyl (C=O) groups is 1. The van der Waals surface area contributed by atoms with Gasteiger partial charge in [-0.25, -0.2) is 13.1 Å². The Balaban J connectivity index is 0.00000507. The van der Waals surface area contributed by atoms with E-state index in [0.29, 0.717) is 17.1 Å². The van der Waals surface area contributed by atoms with Gasteiger partial charge in [-0.2, -0.15) is 0 Å². The van der Waals surface area contributed by atoms with Crippen LogP contribution in [0.5, 0.6) is 0 Å². The molecule has 0 heterocycles. The lowest BCUT2D eigenvalue weighted by molar-refractivity contribution is 0.0979. The average Bonchev–Trinajstić information content (AvgIpc) is 2.82. The molecule has 3 N–H and O–H groups in total. The minimum atomic E-state index is -3.64. The van der Waals surface area contributed by atoms with Crippen molar-refractivity contribution in [1.82, 2.24) is 10.0 Å². The van der Waals surface area contributed by atoms with Crippen molar-refractivity contribution in [2.75, 3.05) is 19.3 Å². The fraction of sp³-hybridized carbons (Fsp3) is 0.321. The Hall–Kier alpha value is -2.07. The number of aliphatic hydroxyl groups is 1. The van der Waals surface area contributed by atoms with E-state index >= 15 is 0 Å². The van der Waals surface area contributed by atoms with Crippen molar-refractivity contribution < 1.29 is 18.3 Å². The number of halogens is 2. The summed E-state index contributed by atoms with van der Waals surface area (Å²) in [7, 11) is -3.64. The highest BCUT2D eigenvalue weighted by atomic mass is 35.5. The number of aliphatic hydroxyl groups excluding tert-OH is 1. The number of thioether (sulfide) groups is 1. The van der Waals surface area contributed by atoms with E-state index in [2.05, 4.69) is 34.3 Å². The van der Waals surface area contributed by atoms with Crippen LogP contribution in [-0.2, 0) is 16.4 Å². The van der Waals surface area contributed by atoms with Crippen LogP contribution in [0.1, 0.15) is 47.9 Å². The van der Waals surface area contributed by atoms with Crippen LogP contribution in [0, 0.1) is 0 Å². The largest absolute Gasteiger partial charge is 0.387 e. The van der Waals surface area contributed by atoms with Gasteiger partial charge in [-0.15, -0.1) is 24.2 Å². The SMILES string of the molecule is CC(C)Sc1cc(-c2ccc(CCCNCC(O)c3cccc(Cl)c3)cc2)ccc1C(=O)NS(C)(=O)=O.Cl. The molecule has 0 bridgehead atoms. The summed E-state index contributed by atoms with van der Waals surface area (Å²) in [6, 6.07) is 21.0. The highest BCUT2D eigenvalue weighted by Crippen LogP contribution is 2.32. The van der Waals surface area contributed by atoms with Crippen molar-refractivity contribution in [2.24, 2.45) is 0 Å². The zero-order chi connectivity index (χ0) is 27.0. The van der Waals surface area contributed by atoms with Gasteiger partial charge in [0.15, 0.2) is 0 Å². The first-order valence-electron chi connectivity index (χ1n) is 12.1. The average molecular weight is 598 g/mol. The standard InChI is InChI=1S/C28H33ClN2O4S2.ClH/c1-19(2)36-27-17-22(13-14-25(27)28(33)31-37(3,34)35)21-11-9-20(10-12-21)6-5-15-30-18-26(32)23-7-4-8-24(29)16-23;/h4,7-14,16-17,19,26,30,32H,5-6,15,18H2,1-3H3,(H,31,33);1H. The predicted molar refractivity (Wildman–Crippen MR) is 160 cm³/mol. The van der Waals surface area contributed by atoms with Crippen LogP contribution in [0.25, 0.3) is 11.1 Å². The quantitative estimate of drug-likeness (QED) is 0.179. The second-order valence-electron chi connectivity index (χ2n) is 9.16. The zero-order valence-electron chi connectivity index (χ0n) is 21.6. The number of sulfonamides is 1. The van der Waals surface area contributed by atoms with Crippen LogP contribution in [0.2, 0.25) is 5.02 Å². The second kappa shape index (κ2) is 14.9. The maximum absolute atomic E-state index is 12.5. The Morgan fingerprint density at radius 2 is 1.71 bits per heavy atom. The first-order valence-corrected chi connectivity index (χ1v) is 15.2. The van der Waals surface area contributed by atoms with E-state index in [0.717, 1.165) is 47.2 Å². The molecule has 0 spiro atoms. The molecule has 0 aliphatic rings. The monoisotopic (exact) mass is 596 g/mol. The van der Waals surface area contributed by atoms with E-state index in [1.807, 2.05) is 38.1 Å². The molecule has 3 aromatic rings. The normalized spacial score (nSPS) is 12.2. The van der Waals surface area contributed by atoms with Crippen molar-refractivity contribution in [3.63, 3.8) is 0 Å². The molecule has 1 unspecified atom stereocenters. The third kappa shape index (κ3) is 10.2. The lowest BCUT2D eigenvalue weighted by Crippen LogP contribution is -2.29. The topological polar surface area (TPSA) is 95.5 Å². The predicted octanol–water partition coefficient (Wildman–Crippen LogP) is 5.87. The van der Waals surface area contributed by atoms with E-state index in [1.54, 1.807) is 18.2 Å². The third-order valence-corrected chi connectivity index (χ3v) is 7.40. The van der Waals surface area contributed by atoms with Crippen molar-refractivity contribution >= 4 is 51.7 Å². The van der Waals surface area contributed by atoms with Gasteiger partial charge < -0.3 is 10.4 Å². The molecule has 3 rings (SSSR count). The summed E-state index contributed by atoms with van der Waals surface area (Å²) >= 11 is 7.51. The molecule has 38 heavy (non-hydrogen) atoms. The second-order valence-corrected chi connectivity index (χ2v) is 13.0. The summed E-state index contributed by atoms with van der Waals surface area (Å²) in [5, 5.41) is 14.4. The Kier molecular flexibility index (Phi) is 12.6.